The summed E-state index contributed by atoms with van der Waals surface area (Å²) in [6.45, 7) is 1.59. The molecule has 1 fully saturated rings. The number of carbonyl (C=O) groups excluding carboxylic acids is 1. The Labute approximate surface area is 110 Å². The van der Waals surface area contributed by atoms with Crippen molar-refractivity contribution in [2.75, 3.05) is 13.1 Å². The first-order valence-electron chi connectivity index (χ1n) is 5.72. The molecule has 0 radical (unpaired) electrons. The number of H-pyrrole nitrogens is 1. The Morgan fingerprint density at radius 1 is 1.41 bits per heavy atom. The molecule has 1 aliphatic carbocycles. The average Bonchev–Trinajstić information content (AvgIpc) is 3.05. The number of aromatic amines is 1. The summed E-state index contributed by atoms with van der Waals surface area (Å²) in [5.74, 6) is -0.176. The fourth-order valence-electron chi connectivity index (χ4n) is 1.51. The minimum atomic E-state index is -0.176. The molecule has 1 amide bonds. The predicted octanol–water partition coefficient (Wildman–Crippen LogP) is 2.19. The van der Waals surface area contributed by atoms with Gasteiger partial charge < -0.3 is 15.6 Å². The van der Waals surface area contributed by atoms with Crippen LogP contribution in [0.5, 0.6) is 0 Å². The third-order valence-corrected chi connectivity index (χ3v) is 3.31. The second kappa shape index (κ2) is 5.76. The molecule has 0 aromatic carbocycles. The summed E-state index contributed by atoms with van der Waals surface area (Å²) < 4.78 is 0. The summed E-state index contributed by atoms with van der Waals surface area (Å²) in [6.07, 6.45) is 3.49. The average molecular weight is 276 g/mol. The Bertz CT molecular complexity index is 382. The van der Waals surface area contributed by atoms with Gasteiger partial charge in [-0.3, -0.25) is 4.79 Å². The summed E-state index contributed by atoms with van der Waals surface area (Å²) in [6, 6.07) is 2.24. The maximum absolute atomic E-state index is 11.6. The highest BCUT2D eigenvalue weighted by Gasteiger charge is 2.19. The first kappa shape index (κ1) is 12.7. The standard InChI is InChI=1S/C11H15Cl2N3O/c12-8-6-9(16-10(8)13)11(17)15-5-1-4-14-7-2-3-7/h6-7,14,16H,1-5H2,(H,15,17). The Morgan fingerprint density at radius 3 is 2.76 bits per heavy atom. The monoisotopic (exact) mass is 275 g/mol. The first-order chi connectivity index (χ1) is 8.16. The summed E-state index contributed by atoms with van der Waals surface area (Å²) in [4.78, 5) is 14.4. The maximum Gasteiger partial charge on any atom is 0.267 e. The first-order valence-corrected chi connectivity index (χ1v) is 6.48. The van der Waals surface area contributed by atoms with E-state index in [0.29, 0.717) is 28.5 Å². The van der Waals surface area contributed by atoms with E-state index in [0.717, 1.165) is 13.0 Å². The third-order valence-electron chi connectivity index (χ3n) is 2.62. The molecule has 0 aliphatic heterocycles. The van der Waals surface area contributed by atoms with Crippen molar-refractivity contribution in [3.63, 3.8) is 0 Å². The Balaban J connectivity index is 1.65. The lowest BCUT2D eigenvalue weighted by Gasteiger charge is -2.04. The van der Waals surface area contributed by atoms with Gasteiger partial charge in [-0.05, 0) is 31.9 Å². The van der Waals surface area contributed by atoms with Gasteiger partial charge in [-0.1, -0.05) is 23.2 Å². The highest BCUT2D eigenvalue weighted by Crippen LogP contribution is 2.21. The molecule has 94 valence electrons. The van der Waals surface area contributed by atoms with Gasteiger partial charge in [0.15, 0.2) is 0 Å². The van der Waals surface area contributed by atoms with Crippen molar-refractivity contribution in [1.29, 1.82) is 0 Å². The molecular formula is C11H15Cl2N3O. The van der Waals surface area contributed by atoms with Crippen LogP contribution in [0.25, 0.3) is 0 Å². The van der Waals surface area contributed by atoms with E-state index in [-0.39, 0.29) is 5.91 Å². The van der Waals surface area contributed by atoms with Crippen LogP contribution in [0.1, 0.15) is 29.8 Å². The molecule has 2 rings (SSSR count). The molecule has 1 saturated carbocycles. The van der Waals surface area contributed by atoms with Gasteiger partial charge in [0.05, 0.1) is 5.02 Å². The fraction of sp³-hybridized carbons (Fsp3) is 0.545. The normalized spacial score (nSPS) is 14.9. The molecule has 1 aromatic heterocycles. The summed E-state index contributed by atoms with van der Waals surface area (Å²) in [5, 5.41) is 6.85. The van der Waals surface area contributed by atoms with Crippen molar-refractivity contribution in [1.82, 2.24) is 15.6 Å². The number of hydrogen-bond acceptors (Lipinski definition) is 2. The van der Waals surface area contributed by atoms with Crippen molar-refractivity contribution in [3.8, 4) is 0 Å². The maximum atomic E-state index is 11.6. The van der Waals surface area contributed by atoms with E-state index in [9.17, 15) is 4.79 Å². The minimum Gasteiger partial charge on any atom is -0.351 e. The predicted molar refractivity (Wildman–Crippen MR) is 68.8 cm³/mol. The molecule has 0 spiro atoms. The molecule has 0 unspecified atom stereocenters. The number of halogens is 2. The molecule has 0 bridgehead atoms. The number of aromatic nitrogens is 1. The van der Waals surface area contributed by atoms with E-state index in [1.165, 1.54) is 18.9 Å². The van der Waals surface area contributed by atoms with E-state index in [2.05, 4.69) is 15.6 Å². The van der Waals surface area contributed by atoms with Crippen molar-refractivity contribution in [3.05, 3.63) is 21.9 Å². The van der Waals surface area contributed by atoms with Gasteiger partial charge in [0, 0.05) is 12.6 Å². The smallest absolute Gasteiger partial charge is 0.267 e. The van der Waals surface area contributed by atoms with Crippen molar-refractivity contribution in [2.45, 2.75) is 25.3 Å². The van der Waals surface area contributed by atoms with Gasteiger partial charge in [-0.15, -0.1) is 0 Å². The van der Waals surface area contributed by atoms with Gasteiger partial charge in [0.25, 0.3) is 5.91 Å². The van der Waals surface area contributed by atoms with Gasteiger partial charge in [0.2, 0.25) is 0 Å². The van der Waals surface area contributed by atoms with Crippen LogP contribution in [0.3, 0.4) is 0 Å². The number of hydrogen-bond donors (Lipinski definition) is 3. The number of rotatable bonds is 6. The van der Waals surface area contributed by atoms with Crippen molar-refractivity contribution >= 4 is 29.1 Å². The molecule has 17 heavy (non-hydrogen) atoms. The second-order valence-electron chi connectivity index (χ2n) is 4.18. The molecule has 3 N–H and O–H groups in total. The lowest BCUT2D eigenvalue weighted by molar-refractivity contribution is 0.0949. The molecule has 0 saturated heterocycles. The van der Waals surface area contributed by atoms with Crippen LogP contribution in [0.2, 0.25) is 10.2 Å². The molecule has 1 aromatic rings. The zero-order valence-electron chi connectivity index (χ0n) is 9.35. The molecule has 6 heteroatoms. The largest absolute Gasteiger partial charge is 0.351 e. The van der Waals surface area contributed by atoms with Crippen LogP contribution in [0.15, 0.2) is 6.07 Å². The highest BCUT2D eigenvalue weighted by atomic mass is 35.5. The zero-order valence-corrected chi connectivity index (χ0v) is 10.9. The van der Waals surface area contributed by atoms with Crippen molar-refractivity contribution < 1.29 is 4.79 Å². The number of nitrogens with one attached hydrogen (secondary N) is 3. The third kappa shape index (κ3) is 3.91. The fourth-order valence-corrected chi connectivity index (χ4v) is 1.82. The highest BCUT2D eigenvalue weighted by molar-refractivity contribution is 6.41. The molecule has 4 nitrogen and oxygen atoms in total. The SMILES string of the molecule is O=C(NCCCNC1CC1)c1cc(Cl)c(Cl)[nH]1. The van der Waals surface area contributed by atoms with Gasteiger partial charge in [-0.2, -0.15) is 0 Å². The summed E-state index contributed by atoms with van der Waals surface area (Å²) >= 11 is 11.5. The molecule has 0 atom stereocenters. The number of amides is 1. The van der Waals surface area contributed by atoms with Crippen molar-refractivity contribution in [2.24, 2.45) is 0 Å². The molecule has 1 aliphatic rings. The van der Waals surface area contributed by atoms with Crippen LogP contribution in [-0.2, 0) is 0 Å². The van der Waals surface area contributed by atoms with E-state index in [1.807, 2.05) is 0 Å². The second-order valence-corrected chi connectivity index (χ2v) is 4.97. The molecule has 1 heterocycles. The molecular weight excluding hydrogens is 261 g/mol. The van der Waals surface area contributed by atoms with Crippen LogP contribution >= 0.6 is 23.2 Å². The van der Waals surface area contributed by atoms with Crippen LogP contribution in [0, 0.1) is 0 Å². The summed E-state index contributed by atoms with van der Waals surface area (Å²) in [5.41, 5.74) is 0.398. The van der Waals surface area contributed by atoms with E-state index < -0.39 is 0 Å². The van der Waals surface area contributed by atoms with Gasteiger partial charge in [0.1, 0.15) is 10.8 Å². The van der Waals surface area contributed by atoms with Gasteiger partial charge >= 0.3 is 0 Å². The van der Waals surface area contributed by atoms with E-state index in [1.54, 1.807) is 0 Å². The lowest BCUT2D eigenvalue weighted by atomic mass is 10.3. The topological polar surface area (TPSA) is 56.9 Å². The number of carbonyl (C=O) groups is 1. The zero-order chi connectivity index (χ0) is 12.3. The van der Waals surface area contributed by atoms with Crippen LogP contribution < -0.4 is 10.6 Å². The Hall–Kier alpha value is -0.710. The van der Waals surface area contributed by atoms with Crippen LogP contribution in [-0.4, -0.2) is 30.0 Å². The van der Waals surface area contributed by atoms with E-state index >= 15 is 0 Å². The van der Waals surface area contributed by atoms with Gasteiger partial charge in [-0.25, -0.2) is 0 Å². The Kier molecular flexibility index (Phi) is 4.31. The Morgan fingerprint density at radius 2 is 2.18 bits per heavy atom. The van der Waals surface area contributed by atoms with E-state index in [4.69, 9.17) is 23.2 Å². The summed E-state index contributed by atoms with van der Waals surface area (Å²) in [7, 11) is 0. The quantitative estimate of drug-likeness (QED) is 0.698. The van der Waals surface area contributed by atoms with Crippen LogP contribution in [0.4, 0.5) is 0 Å². The minimum absolute atomic E-state index is 0.176. The lowest BCUT2D eigenvalue weighted by Crippen LogP contribution is -2.28.